The molecule has 0 spiro atoms. The predicted molar refractivity (Wildman–Crippen MR) is 364 cm³/mol. The van der Waals surface area contributed by atoms with Crippen LogP contribution in [-0.4, -0.2) is 38.6 Å². The van der Waals surface area contributed by atoms with Gasteiger partial charge in [-0.2, -0.15) is 0 Å². The van der Waals surface area contributed by atoms with Gasteiger partial charge in [0.25, 0.3) is 0 Å². The molecule has 0 radical (unpaired) electrons. The number of ether oxygens (including phenoxy) is 4. The molecule has 0 aromatic heterocycles. The van der Waals surface area contributed by atoms with E-state index in [1.807, 2.05) is 0 Å². The largest absolute Gasteiger partial charge is 0.492 e. The summed E-state index contributed by atoms with van der Waals surface area (Å²) in [5, 5.41) is 0. The van der Waals surface area contributed by atoms with Crippen molar-refractivity contribution in [2.75, 3.05) is 26.4 Å². The van der Waals surface area contributed by atoms with Crippen molar-refractivity contribution in [1.29, 1.82) is 0 Å². The average Bonchev–Trinajstić information content (AvgIpc) is 1.78. The molecule has 8 aliphatic carbocycles. The van der Waals surface area contributed by atoms with E-state index in [0.717, 1.165) is 129 Å². The molecule has 4 nitrogen and oxygen atoms in total. The van der Waals surface area contributed by atoms with E-state index in [2.05, 4.69) is 139 Å². The molecule has 466 valence electrons. The van der Waals surface area contributed by atoms with E-state index < -0.39 is 0 Å². The maximum Gasteiger partial charge on any atom is 0.133 e. The molecule has 1 aromatic carbocycles. The van der Waals surface area contributed by atoms with Gasteiger partial charge in [0.05, 0.1) is 32.6 Å². The lowest BCUT2D eigenvalue weighted by atomic mass is 9.47. The van der Waals surface area contributed by atoms with E-state index in [1.54, 1.807) is 11.1 Å². The Balaban J connectivity index is 0.570. The van der Waals surface area contributed by atoms with Crippen LogP contribution in [0.1, 0.15) is 288 Å². The number of rotatable bonds is 32. The summed E-state index contributed by atoms with van der Waals surface area (Å²) < 4.78 is 28.2. The van der Waals surface area contributed by atoms with Crippen LogP contribution in [0, 0.1) is 99.8 Å². The van der Waals surface area contributed by atoms with Gasteiger partial charge < -0.3 is 18.9 Å². The van der Waals surface area contributed by atoms with Crippen molar-refractivity contribution < 1.29 is 18.9 Å². The summed E-state index contributed by atoms with van der Waals surface area (Å²) in [6, 6.07) is 4.36. The smallest absolute Gasteiger partial charge is 0.133 e. The Kier molecular flexibility index (Phi) is 24.6. The fourth-order valence-electron chi connectivity index (χ4n) is 21.0. The summed E-state index contributed by atoms with van der Waals surface area (Å²) in [5.74, 6) is 12.9. The highest BCUT2D eigenvalue weighted by molar-refractivity contribution is 14.1. The van der Waals surface area contributed by atoms with E-state index in [-0.39, 0.29) is 0 Å². The Morgan fingerprint density at radius 2 is 0.805 bits per heavy atom. The first kappa shape index (κ1) is 66.1. The van der Waals surface area contributed by atoms with E-state index in [9.17, 15) is 0 Å². The van der Waals surface area contributed by atoms with Crippen molar-refractivity contribution in [3.05, 3.63) is 42.6 Å². The lowest BCUT2D eigenvalue weighted by molar-refractivity contribution is -0.0641. The minimum absolute atomic E-state index is 0.418. The first-order chi connectivity index (χ1) is 39.4. The van der Waals surface area contributed by atoms with Crippen LogP contribution in [0.5, 0.6) is 11.5 Å². The average molecular weight is 1360 g/mol. The summed E-state index contributed by atoms with van der Waals surface area (Å²) >= 11 is 4.86. The minimum Gasteiger partial charge on any atom is -0.492 e. The van der Waals surface area contributed by atoms with Gasteiger partial charge in [-0.15, -0.1) is 0 Å². The second-order valence-corrected chi connectivity index (χ2v) is 34.0. The highest BCUT2D eigenvalue weighted by Crippen LogP contribution is 2.69. The molecule has 6 heteroatoms. The van der Waals surface area contributed by atoms with Crippen LogP contribution in [-0.2, 0) is 9.47 Å². The molecular weight excluding hydrogens is 1230 g/mol. The molecule has 10 unspecified atom stereocenters. The molecule has 0 N–H and O–H groups in total. The van der Waals surface area contributed by atoms with Crippen LogP contribution >= 0.6 is 45.2 Å². The number of allylic oxidation sites excluding steroid dienone is 2. The van der Waals surface area contributed by atoms with E-state index in [0.29, 0.717) is 33.9 Å². The maximum atomic E-state index is 6.64. The maximum absolute atomic E-state index is 6.64. The number of unbranched alkanes of at least 4 members (excludes halogenated alkanes) is 10. The molecule has 82 heavy (non-hydrogen) atoms. The van der Waals surface area contributed by atoms with Crippen molar-refractivity contribution in [3.63, 3.8) is 0 Å². The predicted octanol–water partition coefficient (Wildman–Crippen LogP) is 23.2. The van der Waals surface area contributed by atoms with E-state index in [1.165, 1.54) is 205 Å². The van der Waals surface area contributed by atoms with Crippen LogP contribution in [0.3, 0.4) is 0 Å². The highest BCUT2D eigenvalue weighted by Gasteiger charge is 2.61. The lowest BCUT2D eigenvalue weighted by Gasteiger charge is -2.58. The third kappa shape index (κ3) is 15.6. The van der Waals surface area contributed by atoms with Crippen LogP contribution < -0.4 is 9.47 Å². The van der Waals surface area contributed by atoms with E-state index in [4.69, 9.17) is 18.9 Å². The highest BCUT2D eigenvalue weighted by atomic mass is 127. The summed E-state index contributed by atoms with van der Waals surface area (Å²) in [5.41, 5.74) is 5.55. The number of fused-ring (bicyclic) bond motifs is 10. The topological polar surface area (TPSA) is 36.9 Å². The van der Waals surface area contributed by atoms with Crippen LogP contribution in [0.15, 0.2) is 35.4 Å². The molecule has 8 aliphatic rings. The number of benzene rings is 1. The van der Waals surface area contributed by atoms with Crippen molar-refractivity contribution in [3.8, 4) is 11.5 Å². The summed E-state index contributed by atoms with van der Waals surface area (Å²) in [7, 11) is 0. The number of halogens is 2. The number of hydrogen-bond donors (Lipinski definition) is 0. The molecule has 0 bridgehead atoms. The molecule has 9 rings (SSSR count). The normalized spacial score (nSPS) is 35.7. The van der Waals surface area contributed by atoms with Crippen molar-refractivity contribution in [1.82, 2.24) is 0 Å². The van der Waals surface area contributed by atoms with Gasteiger partial charge in [-0.05, 0) is 278 Å². The Morgan fingerprint density at radius 3 is 1.20 bits per heavy atom. The van der Waals surface area contributed by atoms with Gasteiger partial charge in [-0.1, -0.05) is 182 Å². The lowest BCUT2D eigenvalue weighted by Crippen LogP contribution is -2.51. The molecule has 0 aliphatic heterocycles. The number of hydrogen-bond acceptors (Lipinski definition) is 4. The molecule has 6 saturated carbocycles. The molecule has 0 saturated heterocycles. The van der Waals surface area contributed by atoms with Gasteiger partial charge in [0, 0.05) is 13.2 Å². The van der Waals surface area contributed by atoms with Crippen molar-refractivity contribution >= 4 is 45.2 Å². The van der Waals surface area contributed by atoms with Gasteiger partial charge in [0.2, 0.25) is 0 Å². The van der Waals surface area contributed by atoms with Crippen LogP contribution in [0.4, 0.5) is 0 Å². The molecule has 1 aromatic rings. The first-order valence-electron chi connectivity index (χ1n) is 35.8. The SMILES string of the molecule is CC(C)CCCC(C)C1CCC2C3CC=C4C[C@@H](OCCCCCCCCOc5cc(I)c(OCCCCCCCCO[C@H]6CC[C@@]7(C)C(=CCC8C9CCC(C(C)CCCC(C)C)[C@@]9(C)CCC87)C6)cc5I)CC[C@]4(C)C3CC[C@]12C. The van der Waals surface area contributed by atoms with Crippen molar-refractivity contribution in [2.45, 2.75) is 300 Å². The quantitative estimate of drug-likeness (QED) is 0.0409. The summed E-state index contributed by atoms with van der Waals surface area (Å²) in [6.45, 7) is 29.1. The third-order valence-corrected chi connectivity index (χ3v) is 27.5. The zero-order valence-electron chi connectivity index (χ0n) is 54.7. The Bertz CT molecular complexity index is 2050. The van der Waals surface area contributed by atoms with Gasteiger partial charge in [-0.25, -0.2) is 0 Å². The van der Waals surface area contributed by atoms with Gasteiger partial charge in [0.15, 0.2) is 0 Å². The summed E-state index contributed by atoms with van der Waals surface area (Å²) in [6.07, 6.45) is 51.9. The van der Waals surface area contributed by atoms with Crippen LogP contribution in [0.2, 0.25) is 0 Å². The molecule has 0 amide bonds. The third-order valence-electron chi connectivity index (χ3n) is 25.8. The fraction of sp³-hybridized carbons (Fsp3) is 0.868. The Hall–Kier alpha value is -0.320. The molecule has 16 atom stereocenters. The van der Waals surface area contributed by atoms with E-state index >= 15 is 0 Å². The van der Waals surface area contributed by atoms with Gasteiger partial charge >= 0.3 is 0 Å². The van der Waals surface area contributed by atoms with Gasteiger partial charge in [0.1, 0.15) is 11.5 Å². The standard InChI is InChI=1S/C76H124I2O4/c1-53(2)25-23-27-55(5)63-33-35-65-61-31-29-57-49-59(37-41-73(57,7)67(61)39-43-75(63,65)9)79-45-19-15-11-13-17-21-47-81-71-51-70(78)72(52-69(71)77)82-48-22-18-14-12-16-20-46-80-60-38-42-74(8)58(50-60)30-32-62-66-36-34-64(56(6)28-24-26-54(3)4)76(66,10)44-40-68(62)74/h29-30,51-56,59-68H,11-28,31-50H2,1-10H3/t55?,56?,59-,60-,61?,62?,63?,64?,65?,66?,67?,68?,73-,74-,75+,76+/m0/s1. The minimum atomic E-state index is 0.418. The van der Waals surface area contributed by atoms with Gasteiger partial charge in [-0.3, -0.25) is 0 Å². The second kappa shape index (κ2) is 30.5. The molecule has 6 fully saturated rings. The van der Waals surface area contributed by atoms with Crippen LogP contribution in [0.25, 0.3) is 0 Å². The zero-order chi connectivity index (χ0) is 58.1. The molecular formula is C76H124I2O4. The van der Waals surface area contributed by atoms with Crippen molar-refractivity contribution in [2.24, 2.45) is 92.7 Å². The Morgan fingerprint density at radius 1 is 0.427 bits per heavy atom. The monoisotopic (exact) mass is 1350 g/mol. The summed E-state index contributed by atoms with van der Waals surface area (Å²) in [4.78, 5) is 0. The zero-order valence-corrected chi connectivity index (χ0v) is 59.0. The second-order valence-electron chi connectivity index (χ2n) is 31.7. The first-order valence-corrected chi connectivity index (χ1v) is 38.0. The Labute approximate surface area is 533 Å². The molecule has 0 heterocycles. The fourth-order valence-corrected chi connectivity index (χ4v) is 22.2.